The first-order valence-corrected chi connectivity index (χ1v) is 11.4. The van der Waals surface area contributed by atoms with Gasteiger partial charge < -0.3 is 15.4 Å². The summed E-state index contributed by atoms with van der Waals surface area (Å²) in [6.07, 6.45) is 4.93. The maximum atomic E-state index is 13.0. The van der Waals surface area contributed by atoms with Gasteiger partial charge in [0.25, 0.3) is 5.56 Å². The summed E-state index contributed by atoms with van der Waals surface area (Å²) in [6.45, 7) is 4.28. The van der Waals surface area contributed by atoms with E-state index < -0.39 is 0 Å². The van der Waals surface area contributed by atoms with Crippen molar-refractivity contribution in [3.05, 3.63) is 64.1 Å². The van der Waals surface area contributed by atoms with Gasteiger partial charge in [-0.1, -0.05) is 12.1 Å². The molecule has 0 unspecified atom stereocenters. The van der Waals surface area contributed by atoms with Crippen LogP contribution in [0, 0.1) is 0 Å². The minimum atomic E-state index is -0.143. The number of anilines is 2. The average molecular weight is 444 g/mol. The van der Waals surface area contributed by atoms with Gasteiger partial charge in [-0.2, -0.15) is 9.97 Å². The van der Waals surface area contributed by atoms with E-state index in [1.807, 2.05) is 31.2 Å². The molecule has 0 atom stereocenters. The predicted molar refractivity (Wildman–Crippen MR) is 125 cm³/mol. The Kier molecular flexibility index (Phi) is 4.83. The maximum absolute atomic E-state index is 13.0. The summed E-state index contributed by atoms with van der Waals surface area (Å²) in [5.74, 6) is 1.58. The molecular weight excluding hydrogens is 418 g/mol. The molecule has 1 aliphatic carbocycles. The third kappa shape index (κ3) is 3.74. The Balaban J connectivity index is 1.41. The first kappa shape index (κ1) is 19.9. The van der Waals surface area contributed by atoms with Crippen molar-refractivity contribution < 1.29 is 4.74 Å². The topological polar surface area (TPSA) is 98.9 Å². The lowest BCUT2D eigenvalue weighted by atomic mass is 10.0. The summed E-state index contributed by atoms with van der Waals surface area (Å²) in [4.78, 5) is 26.8. The van der Waals surface area contributed by atoms with Gasteiger partial charge in [-0.05, 0) is 62.1 Å². The molecule has 0 bridgehead atoms. The van der Waals surface area contributed by atoms with Crippen LogP contribution in [0.2, 0.25) is 0 Å². The van der Waals surface area contributed by atoms with Crippen molar-refractivity contribution in [3.63, 3.8) is 0 Å². The quantitative estimate of drug-likeness (QED) is 0.473. The van der Waals surface area contributed by atoms with Gasteiger partial charge in [0.1, 0.15) is 11.5 Å². The van der Waals surface area contributed by atoms with E-state index in [-0.39, 0.29) is 11.7 Å². The molecule has 4 heterocycles. The Morgan fingerprint density at radius 2 is 2.09 bits per heavy atom. The highest BCUT2D eigenvalue weighted by Gasteiger charge is 2.24. The molecule has 1 saturated carbocycles. The minimum absolute atomic E-state index is 0.143. The largest absolute Gasteiger partial charge is 0.474 e. The zero-order valence-electron chi connectivity index (χ0n) is 18.4. The van der Waals surface area contributed by atoms with E-state index in [0.29, 0.717) is 35.2 Å². The smallest absolute Gasteiger partial charge is 0.278 e. The predicted octanol–water partition coefficient (Wildman–Crippen LogP) is 2.93. The molecule has 9 nitrogen and oxygen atoms in total. The second kappa shape index (κ2) is 8.00. The van der Waals surface area contributed by atoms with Crippen LogP contribution in [0.5, 0.6) is 5.88 Å². The summed E-state index contributed by atoms with van der Waals surface area (Å²) in [5, 5.41) is 7.15. The van der Waals surface area contributed by atoms with Crippen molar-refractivity contribution >= 4 is 22.7 Å². The van der Waals surface area contributed by atoms with Crippen LogP contribution in [-0.2, 0) is 19.5 Å². The summed E-state index contributed by atoms with van der Waals surface area (Å²) in [6, 6.07) is 11.9. The molecule has 1 fully saturated rings. The number of fused-ring (bicyclic) bond motifs is 2. The van der Waals surface area contributed by atoms with E-state index in [4.69, 9.17) is 9.72 Å². The standard InChI is InChI=1S/C24H25N7O2/c1-2-30-23(32)19-14-26-24(27-17-7-6-16-13-25-11-10-15(16)12-17)29-22(19)31(30)20-4-3-5-21(28-20)33-18-8-9-18/h3-7,12,14,18,25H,2,8-11,13H2,1H3,(H,26,27,29). The van der Waals surface area contributed by atoms with Crippen molar-refractivity contribution in [2.45, 2.75) is 45.4 Å². The van der Waals surface area contributed by atoms with Crippen LogP contribution in [0.15, 0.2) is 47.4 Å². The fraction of sp³-hybridized carbons (Fsp3) is 0.333. The number of pyridine rings is 1. The average Bonchev–Trinajstić information content (AvgIpc) is 3.61. The molecule has 1 aromatic carbocycles. The molecule has 6 rings (SSSR count). The number of rotatable bonds is 6. The molecular formula is C24H25N7O2. The van der Waals surface area contributed by atoms with Crippen LogP contribution in [-0.4, -0.2) is 37.0 Å². The third-order valence-corrected chi connectivity index (χ3v) is 6.06. The normalized spacial score (nSPS) is 15.4. The summed E-state index contributed by atoms with van der Waals surface area (Å²) < 4.78 is 9.24. The zero-order valence-corrected chi connectivity index (χ0v) is 18.4. The van der Waals surface area contributed by atoms with E-state index in [2.05, 4.69) is 32.7 Å². The van der Waals surface area contributed by atoms with E-state index in [1.165, 1.54) is 11.1 Å². The van der Waals surface area contributed by atoms with Crippen LogP contribution in [0.1, 0.15) is 30.9 Å². The number of hydrogen-bond acceptors (Lipinski definition) is 7. The maximum Gasteiger partial charge on any atom is 0.278 e. The second-order valence-corrected chi connectivity index (χ2v) is 8.45. The lowest BCUT2D eigenvalue weighted by molar-refractivity contribution is 0.290. The summed E-state index contributed by atoms with van der Waals surface area (Å²) >= 11 is 0. The van der Waals surface area contributed by atoms with Crippen molar-refractivity contribution in [1.29, 1.82) is 0 Å². The Morgan fingerprint density at radius 1 is 1.18 bits per heavy atom. The molecule has 0 radical (unpaired) electrons. The fourth-order valence-corrected chi connectivity index (χ4v) is 4.24. The van der Waals surface area contributed by atoms with E-state index in [0.717, 1.165) is 38.0 Å². The van der Waals surface area contributed by atoms with E-state index in [9.17, 15) is 4.79 Å². The molecule has 3 aromatic heterocycles. The van der Waals surface area contributed by atoms with Gasteiger partial charge >= 0.3 is 0 Å². The van der Waals surface area contributed by atoms with Crippen molar-refractivity contribution in [2.75, 3.05) is 11.9 Å². The fourth-order valence-electron chi connectivity index (χ4n) is 4.24. The molecule has 0 spiro atoms. The van der Waals surface area contributed by atoms with Crippen LogP contribution >= 0.6 is 0 Å². The minimum Gasteiger partial charge on any atom is -0.474 e. The first-order chi connectivity index (χ1) is 16.2. The molecule has 33 heavy (non-hydrogen) atoms. The molecule has 0 amide bonds. The highest BCUT2D eigenvalue weighted by Crippen LogP contribution is 2.27. The molecule has 1 aliphatic heterocycles. The highest BCUT2D eigenvalue weighted by atomic mass is 16.5. The molecule has 2 aliphatic rings. The molecule has 4 aromatic rings. The van der Waals surface area contributed by atoms with Crippen LogP contribution < -0.4 is 20.9 Å². The van der Waals surface area contributed by atoms with Gasteiger partial charge in [0.05, 0.1) is 0 Å². The highest BCUT2D eigenvalue weighted by molar-refractivity contribution is 5.77. The molecule has 2 N–H and O–H groups in total. The number of nitrogens with one attached hydrogen (secondary N) is 2. The van der Waals surface area contributed by atoms with Crippen molar-refractivity contribution in [1.82, 2.24) is 29.6 Å². The second-order valence-electron chi connectivity index (χ2n) is 8.45. The summed E-state index contributed by atoms with van der Waals surface area (Å²) in [7, 11) is 0. The summed E-state index contributed by atoms with van der Waals surface area (Å²) in [5.41, 5.74) is 3.94. The number of nitrogens with zero attached hydrogens (tertiary/aromatic N) is 5. The SMILES string of the molecule is CCn1c(=O)c2cnc(Nc3ccc4c(c3)CCNC4)nc2n1-c1cccc(OC2CC2)n1. The van der Waals surface area contributed by atoms with Crippen molar-refractivity contribution in [2.24, 2.45) is 0 Å². The zero-order chi connectivity index (χ0) is 22.4. The van der Waals surface area contributed by atoms with Gasteiger partial charge in [0, 0.05) is 31.0 Å². The lowest BCUT2D eigenvalue weighted by Crippen LogP contribution is -2.23. The van der Waals surface area contributed by atoms with Gasteiger partial charge in [0.2, 0.25) is 11.8 Å². The van der Waals surface area contributed by atoms with Gasteiger partial charge in [0.15, 0.2) is 11.5 Å². The van der Waals surface area contributed by atoms with Crippen LogP contribution in [0.3, 0.4) is 0 Å². The third-order valence-electron chi connectivity index (χ3n) is 6.06. The Bertz CT molecular complexity index is 1400. The van der Waals surface area contributed by atoms with Gasteiger partial charge in [-0.3, -0.25) is 4.79 Å². The first-order valence-electron chi connectivity index (χ1n) is 11.4. The van der Waals surface area contributed by atoms with Crippen LogP contribution in [0.4, 0.5) is 11.6 Å². The number of hydrogen-bond donors (Lipinski definition) is 2. The van der Waals surface area contributed by atoms with Gasteiger partial charge in [-0.25, -0.2) is 14.3 Å². The number of ether oxygens (including phenoxy) is 1. The number of aromatic nitrogens is 5. The molecule has 168 valence electrons. The van der Waals surface area contributed by atoms with Gasteiger partial charge in [-0.15, -0.1) is 0 Å². The number of benzene rings is 1. The monoisotopic (exact) mass is 443 g/mol. The lowest BCUT2D eigenvalue weighted by Gasteiger charge is -2.18. The Labute approximate surface area is 190 Å². The van der Waals surface area contributed by atoms with E-state index >= 15 is 0 Å². The van der Waals surface area contributed by atoms with E-state index in [1.54, 1.807) is 15.6 Å². The molecule has 0 saturated heterocycles. The van der Waals surface area contributed by atoms with Crippen molar-refractivity contribution in [3.8, 4) is 11.7 Å². The van der Waals surface area contributed by atoms with Crippen LogP contribution in [0.25, 0.3) is 16.9 Å². The Hall–Kier alpha value is -3.72. The Morgan fingerprint density at radius 3 is 2.94 bits per heavy atom. The molecule has 9 heteroatoms.